The Labute approximate surface area is 155 Å². The molecule has 2 atom stereocenters. The van der Waals surface area contributed by atoms with E-state index < -0.39 is 12.1 Å². The molecule has 0 aliphatic carbocycles. The highest BCUT2D eigenvalue weighted by Crippen LogP contribution is 2.20. The molecule has 1 aliphatic rings. The summed E-state index contributed by atoms with van der Waals surface area (Å²) in [6.45, 7) is 0.655. The van der Waals surface area contributed by atoms with E-state index in [0.717, 1.165) is 31.2 Å². The Morgan fingerprint density at radius 3 is 2.73 bits per heavy atom. The second-order valence-electron chi connectivity index (χ2n) is 6.89. The van der Waals surface area contributed by atoms with Crippen LogP contribution >= 0.6 is 0 Å². The van der Waals surface area contributed by atoms with Crippen LogP contribution in [0.5, 0.6) is 0 Å². The summed E-state index contributed by atoms with van der Waals surface area (Å²) < 4.78 is 0. The lowest BCUT2D eigenvalue weighted by molar-refractivity contribution is -0.137. The fourth-order valence-corrected chi connectivity index (χ4v) is 3.35. The summed E-state index contributed by atoms with van der Waals surface area (Å²) >= 11 is 0. The summed E-state index contributed by atoms with van der Waals surface area (Å²) in [4.78, 5) is 24.7. The number of nitrogens with zero attached hydrogens (tertiary/aromatic N) is 1. The van der Waals surface area contributed by atoms with E-state index in [9.17, 15) is 14.7 Å². The van der Waals surface area contributed by atoms with Gasteiger partial charge in [-0.2, -0.15) is 0 Å². The average Bonchev–Trinajstić information content (AvgIpc) is 2.62. The SMILES string of the molecule is O=C(O)CCCCCN1C(=O)CCC[C@@H]1/C=C/C(O)Cc1ccccc1. The smallest absolute Gasteiger partial charge is 0.303 e. The maximum atomic E-state index is 12.2. The van der Waals surface area contributed by atoms with Gasteiger partial charge in [-0.15, -0.1) is 0 Å². The highest BCUT2D eigenvalue weighted by atomic mass is 16.4. The minimum Gasteiger partial charge on any atom is -0.481 e. The molecule has 5 heteroatoms. The summed E-state index contributed by atoms with van der Waals surface area (Å²) in [5.41, 5.74) is 1.08. The number of amides is 1. The molecule has 0 saturated carbocycles. The number of benzene rings is 1. The van der Waals surface area contributed by atoms with Gasteiger partial charge >= 0.3 is 5.97 Å². The molecule has 0 bridgehead atoms. The van der Waals surface area contributed by atoms with E-state index in [1.165, 1.54) is 0 Å². The van der Waals surface area contributed by atoms with E-state index in [1.807, 2.05) is 41.3 Å². The van der Waals surface area contributed by atoms with Gasteiger partial charge in [0.15, 0.2) is 0 Å². The molecule has 1 aromatic rings. The fourth-order valence-electron chi connectivity index (χ4n) is 3.35. The fraction of sp³-hybridized carbons (Fsp3) is 0.524. The first-order valence-corrected chi connectivity index (χ1v) is 9.48. The van der Waals surface area contributed by atoms with Crippen molar-refractivity contribution < 1.29 is 19.8 Å². The summed E-state index contributed by atoms with van der Waals surface area (Å²) in [6.07, 6.45) is 8.57. The third-order valence-electron chi connectivity index (χ3n) is 4.74. The van der Waals surface area contributed by atoms with E-state index in [1.54, 1.807) is 6.08 Å². The standard InChI is InChI=1S/C21H29NO4/c23-19(16-17-8-3-1-4-9-17)14-13-18-10-7-11-20(24)22(18)15-6-2-5-12-21(25)26/h1,3-4,8-9,13-14,18-19,23H,2,5-7,10-12,15-16H2,(H,25,26)/b14-13+/t18-,19?/m1/s1. The van der Waals surface area contributed by atoms with Crippen molar-refractivity contribution in [3.8, 4) is 0 Å². The molecule has 1 fully saturated rings. The van der Waals surface area contributed by atoms with Gasteiger partial charge in [0.2, 0.25) is 5.91 Å². The van der Waals surface area contributed by atoms with Crippen LogP contribution in [0.4, 0.5) is 0 Å². The number of piperidine rings is 1. The first-order valence-electron chi connectivity index (χ1n) is 9.48. The van der Waals surface area contributed by atoms with Crippen molar-refractivity contribution in [3.05, 3.63) is 48.0 Å². The van der Waals surface area contributed by atoms with Gasteiger partial charge in [0.05, 0.1) is 12.1 Å². The van der Waals surface area contributed by atoms with Gasteiger partial charge in [0.1, 0.15) is 0 Å². The van der Waals surface area contributed by atoms with Gasteiger partial charge in [-0.05, 0) is 31.2 Å². The summed E-state index contributed by atoms with van der Waals surface area (Å²) in [5.74, 6) is -0.617. The molecule has 0 aromatic heterocycles. The maximum absolute atomic E-state index is 12.2. The molecule has 26 heavy (non-hydrogen) atoms. The second-order valence-corrected chi connectivity index (χ2v) is 6.89. The summed E-state index contributed by atoms with van der Waals surface area (Å²) in [7, 11) is 0. The Hall–Kier alpha value is -2.14. The molecule has 1 heterocycles. The lowest BCUT2D eigenvalue weighted by Gasteiger charge is -2.34. The lowest BCUT2D eigenvalue weighted by atomic mass is 9.99. The van der Waals surface area contributed by atoms with Crippen molar-refractivity contribution in [1.29, 1.82) is 0 Å². The van der Waals surface area contributed by atoms with E-state index in [2.05, 4.69) is 0 Å². The molecular formula is C21H29NO4. The molecule has 0 spiro atoms. The molecule has 1 unspecified atom stereocenters. The van der Waals surface area contributed by atoms with Gasteiger partial charge < -0.3 is 15.1 Å². The van der Waals surface area contributed by atoms with Gasteiger partial charge in [-0.3, -0.25) is 9.59 Å². The molecule has 1 amide bonds. The average molecular weight is 359 g/mol. The van der Waals surface area contributed by atoms with Crippen molar-refractivity contribution in [2.45, 2.75) is 63.5 Å². The lowest BCUT2D eigenvalue weighted by Crippen LogP contribution is -2.43. The minimum absolute atomic E-state index is 0.0288. The quantitative estimate of drug-likeness (QED) is 0.497. The van der Waals surface area contributed by atoms with Crippen LogP contribution in [-0.4, -0.2) is 45.7 Å². The van der Waals surface area contributed by atoms with Crippen molar-refractivity contribution in [1.82, 2.24) is 4.90 Å². The maximum Gasteiger partial charge on any atom is 0.303 e. The number of unbranched alkanes of at least 4 members (excludes halogenated alkanes) is 2. The van der Waals surface area contributed by atoms with Crippen LogP contribution in [-0.2, 0) is 16.0 Å². The molecule has 2 N–H and O–H groups in total. The van der Waals surface area contributed by atoms with Crippen LogP contribution in [0.25, 0.3) is 0 Å². The Morgan fingerprint density at radius 2 is 2.00 bits per heavy atom. The van der Waals surface area contributed by atoms with Crippen LogP contribution in [0.2, 0.25) is 0 Å². The molecule has 1 saturated heterocycles. The number of carbonyl (C=O) groups excluding carboxylic acids is 1. The first kappa shape index (κ1) is 20.2. The van der Waals surface area contributed by atoms with Crippen LogP contribution < -0.4 is 0 Å². The van der Waals surface area contributed by atoms with Crippen LogP contribution in [0.1, 0.15) is 50.5 Å². The summed E-state index contributed by atoms with van der Waals surface area (Å²) in [5, 5.41) is 18.9. The third-order valence-corrected chi connectivity index (χ3v) is 4.74. The normalized spacial score (nSPS) is 19.0. The monoisotopic (exact) mass is 359 g/mol. The number of aliphatic hydroxyl groups is 1. The van der Waals surface area contributed by atoms with E-state index >= 15 is 0 Å². The van der Waals surface area contributed by atoms with Gasteiger partial charge in [0, 0.05) is 25.8 Å². The highest BCUT2D eigenvalue weighted by molar-refractivity contribution is 5.77. The van der Waals surface area contributed by atoms with Gasteiger partial charge in [0.25, 0.3) is 0 Å². The Balaban J connectivity index is 1.83. The van der Waals surface area contributed by atoms with Gasteiger partial charge in [-0.25, -0.2) is 0 Å². The molecule has 1 aliphatic heterocycles. The number of hydrogen-bond donors (Lipinski definition) is 2. The number of carboxylic acid groups (broad SMARTS) is 1. The molecule has 2 rings (SSSR count). The number of carboxylic acids is 1. The Bertz CT molecular complexity index is 599. The van der Waals surface area contributed by atoms with Crippen molar-refractivity contribution in [3.63, 3.8) is 0 Å². The van der Waals surface area contributed by atoms with Crippen molar-refractivity contribution in [2.24, 2.45) is 0 Å². The molecule has 5 nitrogen and oxygen atoms in total. The number of rotatable bonds is 10. The zero-order valence-electron chi connectivity index (χ0n) is 15.2. The number of aliphatic carboxylic acids is 1. The second kappa shape index (κ2) is 10.8. The predicted octanol–water partition coefficient (Wildman–Crippen LogP) is 3.17. The molecular weight excluding hydrogens is 330 g/mol. The first-order chi connectivity index (χ1) is 12.6. The molecule has 0 radical (unpaired) electrons. The van der Waals surface area contributed by atoms with Gasteiger partial charge in [-0.1, -0.05) is 48.9 Å². The molecule has 142 valence electrons. The number of aliphatic hydroxyl groups excluding tert-OH is 1. The Morgan fingerprint density at radius 1 is 1.23 bits per heavy atom. The zero-order chi connectivity index (χ0) is 18.8. The van der Waals surface area contributed by atoms with Crippen LogP contribution in [0.3, 0.4) is 0 Å². The number of likely N-dealkylation sites (tertiary alicyclic amines) is 1. The Kier molecular flexibility index (Phi) is 8.35. The van der Waals surface area contributed by atoms with E-state index in [0.29, 0.717) is 25.8 Å². The third kappa shape index (κ3) is 7.00. The summed E-state index contributed by atoms with van der Waals surface area (Å²) in [6, 6.07) is 9.87. The minimum atomic E-state index is -0.771. The number of hydrogen-bond acceptors (Lipinski definition) is 3. The van der Waals surface area contributed by atoms with Crippen LogP contribution in [0, 0.1) is 0 Å². The topological polar surface area (TPSA) is 77.8 Å². The highest BCUT2D eigenvalue weighted by Gasteiger charge is 2.25. The predicted molar refractivity (Wildman–Crippen MR) is 101 cm³/mol. The van der Waals surface area contributed by atoms with E-state index in [-0.39, 0.29) is 18.4 Å². The molecule has 1 aromatic carbocycles. The number of carbonyl (C=O) groups is 2. The van der Waals surface area contributed by atoms with Crippen molar-refractivity contribution >= 4 is 11.9 Å². The van der Waals surface area contributed by atoms with Crippen molar-refractivity contribution in [2.75, 3.05) is 6.54 Å². The van der Waals surface area contributed by atoms with Crippen LogP contribution in [0.15, 0.2) is 42.5 Å². The van der Waals surface area contributed by atoms with E-state index in [4.69, 9.17) is 5.11 Å². The largest absolute Gasteiger partial charge is 0.481 e. The zero-order valence-corrected chi connectivity index (χ0v) is 15.2.